The molecule has 0 aliphatic carbocycles. The monoisotopic (exact) mass is 212 g/mol. The zero-order valence-corrected chi connectivity index (χ0v) is 5.97. The van der Waals surface area contributed by atoms with Crippen molar-refractivity contribution >= 4 is 0 Å². The van der Waals surface area contributed by atoms with Crippen LogP contribution in [0.3, 0.4) is 0 Å². The summed E-state index contributed by atoms with van der Waals surface area (Å²) in [6.45, 7) is 0. The third-order valence-electron chi connectivity index (χ3n) is 1.22. The Bertz CT molecular complexity index is 158. The van der Waals surface area contributed by atoms with Gasteiger partial charge in [0.1, 0.15) is 6.10 Å². The molecule has 0 bridgehead atoms. The van der Waals surface area contributed by atoms with Gasteiger partial charge in [0.25, 0.3) is 6.43 Å². The molecule has 0 aromatic carbocycles. The van der Waals surface area contributed by atoms with Gasteiger partial charge in [-0.2, -0.15) is 13.2 Å². The quantitative estimate of drug-likeness (QED) is 0.681. The Labute approximate surface area is 68.8 Å². The molecule has 3 unspecified atom stereocenters. The second-order valence-corrected chi connectivity index (χ2v) is 2.26. The summed E-state index contributed by atoms with van der Waals surface area (Å²) in [5.74, 6) is 0. The van der Waals surface area contributed by atoms with E-state index in [1.54, 1.807) is 0 Å². The van der Waals surface area contributed by atoms with Gasteiger partial charge in [0.15, 0.2) is 12.3 Å². The van der Waals surface area contributed by atoms with E-state index in [9.17, 15) is 26.3 Å². The van der Waals surface area contributed by atoms with E-state index in [1.165, 1.54) is 0 Å². The first kappa shape index (κ1) is 12.5. The van der Waals surface area contributed by atoms with E-state index < -0.39 is 31.0 Å². The molecule has 0 fully saturated rings. The van der Waals surface area contributed by atoms with Crippen molar-refractivity contribution in [2.45, 2.75) is 31.0 Å². The molecule has 80 valence electrons. The van der Waals surface area contributed by atoms with Crippen molar-refractivity contribution < 1.29 is 36.6 Å². The summed E-state index contributed by atoms with van der Waals surface area (Å²) in [5, 5.41) is 16.2. The second kappa shape index (κ2) is 4.14. The van der Waals surface area contributed by atoms with Gasteiger partial charge >= 0.3 is 6.18 Å². The molecule has 0 aliphatic rings. The third-order valence-corrected chi connectivity index (χ3v) is 1.22. The van der Waals surface area contributed by atoms with Crippen molar-refractivity contribution in [1.29, 1.82) is 0 Å². The molecule has 0 spiro atoms. The maximum atomic E-state index is 12.2. The lowest BCUT2D eigenvalue weighted by Gasteiger charge is -2.21. The Morgan fingerprint density at radius 1 is 0.923 bits per heavy atom. The van der Waals surface area contributed by atoms with Gasteiger partial charge in [-0.3, -0.25) is 0 Å². The predicted molar refractivity (Wildman–Crippen MR) is 29.0 cm³/mol. The minimum Gasteiger partial charge on any atom is -0.384 e. The minimum absolute atomic E-state index is 3.14. The van der Waals surface area contributed by atoms with Crippen LogP contribution in [0.5, 0.6) is 0 Å². The molecule has 0 saturated carbocycles. The van der Waals surface area contributed by atoms with Gasteiger partial charge in [0.2, 0.25) is 0 Å². The average Bonchev–Trinajstić information content (AvgIpc) is 1.98. The normalized spacial score (nSPS) is 20.1. The first-order chi connectivity index (χ1) is 5.68. The molecule has 2 nitrogen and oxygen atoms in total. The predicted octanol–water partition coefficient (Wildman–Crippen LogP) is 0.874. The molecule has 8 heteroatoms. The average molecular weight is 212 g/mol. The summed E-state index contributed by atoms with van der Waals surface area (Å²) >= 11 is 0. The molecule has 0 aromatic rings. The van der Waals surface area contributed by atoms with Crippen LogP contribution < -0.4 is 0 Å². The van der Waals surface area contributed by atoms with Gasteiger partial charge in [-0.05, 0) is 0 Å². The fourth-order valence-electron chi connectivity index (χ4n) is 0.506. The lowest BCUT2D eigenvalue weighted by atomic mass is 10.1. The Kier molecular flexibility index (Phi) is 3.98. The summed E-state index contributed by atoms with van der Waals surface area (Å²) in [6, 6.07) is 0. The molecule has 2 N–H and O–H groups in total. The lowest BCUT2D eigenvalue weighted by molar-refractivity contribution is -0.236. The van der Waals surface area contributed by atoms with Gasteiger partial charge in [0, 0.05) is 0 Å². The van der Waals surface area contributed by atoms with Gasteiger partial charge in [0.05, 0.1) is 0 Å². The summed E-state index contributed by atoms with van der Waals surface area (Å²) in [5.41, 5.74) is 0. The van der Waals surface area contributed by atoms with E-state index in [-0.39, 0.29) is 0 Å². The molecule has 0 saturated heterocycles. The van der Waals surface area contributed by atoms with Crippen LogP contribution in [0.4, 0.5) is 26.3 Å². The van der Waals surface area contributed by atoms with Crippen molar-refractivity contribution in [3.8, 4) is 0 Å². The van der Waals surface area contributed by atoms with Gasteiger partial charge < -0.3 is 10.2 Å². The number of hydrogen-bond donors (Lipinski definition) is 2. The van der Waals surface area contributed by atoms with Crippen molar-refractivity contribution in [3.63, 3.8) is 0 Å². The third kappa shape index (κ3) is 3.39. The highest BCUT2D eigenvalue weighted by Crippen LogP contribution is 2.26. The number of rotatable bonds is 3. The summed E-state index contributed by atoms with van der Waals surface area (Å²) in [4.78, 5) is 0. The molecule has 3 atom stereocenters. The minimum atomic E-state index is -5.37. The van der Waals surface area contributed by atoms with Crippen LogP contribution in [-0.2, 0) is 0 Å². The number of hydrogen-bond acceptors (Lipinski definition) is 2. The Morgan fingerprint density at radius 3 is 1.54 bits per heavy atom. The SMILES string of the molecule is OC(C(F)F)C(F)C(O)C(F)(F)F. The fourth-order valence-corrected chi connectivity index (χ4v) is 0.506. The molecular weight excluding hydrogens is 206 g/mol. The number of aliphatic hydroxyl groups excluding tert-OH is 2. The van der Waals surface area contributed by atoms with Crippen molar-refractivity contribution in [3.05, 3.63) is 0 Å². The molecule has 0 radical (unpaired) electrons. The van der Waals surface area contributed by atoms with Crippen LogP contribution in [0.15, 0.2) is 0 Å². The Hall–Kier alpha value is -0.500. The van der Waals surface area contributed by atoms with E-state index in [4.69, 9.17) is 10.2 Å². The molecule has 0 amide bonds. The molecule has 0 heterocycles. The second-order valence-electron chi connectivity index (χ2n) is 2.26. The highest BCUT2D eigenvalue weighted by molar-refractivity contribution is 4.82. The molecule has 0 aliphatic heterocycles. The lowest BCUT2D eigenvalue weighted by Crippen LogP contribution is -2.46. The topological polar surface area (TPSA) is 40.5 Å². The van der Waals surface area contributed by atoms with E-state index in [2.05, 4.69) is 0 Å². The number of alkyl halides is 6. The largest absolute Gasteiger partial charge is 0.417 e. The first-order valence-electron chi connectivity index (χ1n) is 3.03. The molecule has 0 rings (SSSR count). The van der Waals surface area contributed by atoms with Crippen LogP contribution in [0, 0.1) is 0 Å². The standard InChI is InChI=1S/C5H6F6O2/c6-1(2(12)4(7)8)3(13)5(9,10)11/h1-4,12-13H. The van der Waals surface area contributed by atoms with E-state index in [1.807, 2.05) is 0 Å². The number of aliphatic hydroxyl groups is 2. The van der Waals surface area contributed by atoms with Crippen molar-refractivity contribution in [2.75, 3.05) is 0 Å². The fraction of sp³-hybridized carbons (Fsp3) is 1.00. The highest BCUT2D eigenvalue weighted by atomic mass is 19.4. The van der Waals surface area contributed by atoms with Crippen LogP contribution in [0.1, 0.15) is 0 Å². The van der Waals surface area contributed by atoms with Crippen LogP contribution in [0.2, 0.25) is 0 Å². The maximum absolute atomic E-state index is 12.2. The van der Waals surface area contributed by atoms with Crippen LogP contribution in [0.25, 0.3) is 0 Å². The smallest absolute Gasteiger partial charge is 0.384 e. The summed E-state index contributed by atoms with van der Waals surface area (Å²) in [7, 11) is 0. The van der Waals surface area contributed by atoms with E-state index in [0.29, 0.717) is 0 Å². The van der Waals surface area contributed by atoms with E-state index in [0.717, 1.165) is 0 Å². The van der Waals surface area contributed by atoms with Crippen LogP contribution >= 0.6 is 0 Å². The zero-order chi connectivity index (χ0) is 10.8. The summed E-state index contributed by atoms with van der Waals surface area (Å²) < 4.78 is 69.6. The van der Waals surface area contributed by atoms with Crippen molar-refractivity contribution in [2.24, 2.45) is 0 Å². The van der Waals surface area contributed by atoms with Gasteiger partial charge in [-0.1, -0.05) is 0 Å². The molecular formula is C5H6F6O2. The van der Waals surface area contributed by atoms with Crippen molar-refractivity contribution in [1.82, 2.24) is 0 Å². The van der Waals surface area contributed by atoms with Gasteiger partial charge in [-0.25, -0.2) is 13.2 Å². The first-order valence-corrected chi connectivity index (χ1v) is 3.03. The zero-order valence-electron chi connectivity index (χ0n) is 5.97. The summed E-state index contributed by atoms with van der Waals surface area (Å²) in [6.07, 6.45) is -19.2. The van der Waals surface area contributed by atoms with Gasteiger partial charge in [-0.15, -0.1) is 0 Å². The maximum Gasteiger partial charge on any atom is 0.417 e. The molecule has 13 heavy (non-hydrogen) atoms. The number of halogens is 6. The molecule has 0 aromatic heterocycles. The van der Waals surface area contributed by atoms with E-state index >= 15 is 0 Å². The highest BCUT2D eigenvalue weighted by Gasteiger charge is 2.48. The van der Waals surface area contributed by atoms with Crippen LogP contribution in [-0.4, -0.2) is 41.2 Å². The Morgan fingerprint density at radius 2 is 1.31 bits per heavy atom. The Balaban J connectivity index is 4.34.